The maximum atomic E-state index is 14.7. The van der Waals surface area contributed by atoms with E-state index in [1.54, 1.807) is 6.92 Å². The Kier molecular flexibility index (Phi) is 5.35. The third kappa shape index (κ3) is 3.75. The second kappa shape index (κ2) is 7.27. The Morgan fingerprint density at radius 1 is 1.37 bits per heavy atom. The fraction of sp³-hybridized carbons (Fsp3) is 0.750. The van der Waals surface area contributed by atoms with Crippen LogP contribution in [0, 0.1) is 5.82 Å². The molecule has 3 rings (SSSR count). The molecule has 3 atom stereocenters. The van der Waals surface area contributed by atoms with Crippen LogP contribution in [0.3, 0.4) is 0 Å². The maximum Gasteiger partial charge on any atom is 0.408 e. The molecule has 0 radical (unpaired) electrons. The number of hydrogen-bond donors (Lipinski definition) is 1. The molecule has 0 aromatic carbocycles. The lowest BCUT2D eigenvalue weighted by atomic mass is 10.1. The molecule has 3 heterocycles. The average Bonchev–Trinajstić information content (AvgIpc) is 2.57. The first kappa shape index (κ1) is 19.9. The van der Waals surface area contributed by atoms with Crippen LogP contribution in [0.1, 0.15) is 20.3 Å². The summed E-state index contributed by atoms with van der Waals surface area (Å²) in [5.41, 5.74) is -1.01. The van der Waals surface area contributed by atoms with Crippen LogP contribution < -0.4 is 15.4 Å². The van der Waals surface area contributed by atoms with Crippen molar-refractivity contribution in [3.63, 3.8) is 0 Å². The predicted octanol–water partition coefficient (Wildman–Crippen LogP) is 1.13. The summed E-state index contributed by atoms with van der Waals surface area (Å²) in [4.78, 5) is 19.0. The topological polar surface area (TPSA) is 70.8 Å². The molecule has 0 amide bonds. The number of aliphatic hydroxyl groups excluding tert-OH is 1. The van der Waals surface area contributed by atoms with Crippen molar-refractivity contribution >= 4 is 11.8 Å². The summed E-state index contributed by atoms with van der Waals surface area (Å²) < 4.78 is 61.4. The molecule has 0 spiro atoms. The van der Waals surface area contributed by atoms with Gasteiger partial charge in [-0.3, -0.25) is 9.36 Å². The summed E-state index contributed by atoms with van der Waals surface area (Å²) >= 11 is 0. The lowest BCUT2D eigenvalue weighted by molar-refractivity contribution is -0.153. The van der Waals surface area contributed by atoms with E-state index in [1.165, 1.54) is 11.8 Å². The minimum absolute atomic E-state index is 0.271. The monoisotopic (exact) mass is 394 g/mol. The average molecular weight is 394 g/mol. The molecule has 0 aliphatic carbocycles. The zero-order chi connectivity index (χ0) is 19.9. The molecule has 1 N–H and O–H groups in total. The standard InChI is InChI=1S/C16H22F4N4O3/c1-9-8-27-6-5-22(9)13-12(17)14(26)23-4-3-11(16(18,19)20)24(7-10(2)25)15(23)21-13/h9-11,25H,3-8H2,1-2H3. The molecular weight excluding hydrogens is 372 g/mol. The van der Waals surface area contributed by atoms with Gasteiger partial charge in [0.05, 0.1) is 25.4 Å². The second-order valence-corrected chi connectivity index (χ2v) is 6.97. The fourth-order valence-electron chi connectivity index (χ4n) is 3.54. The van der Waals surface area contributed by atoms with Gasteiger partial charge in [-0.2, -0.15) is 22.5 Å². The first-order valence-corrected chi connectivity index (χ1v) is 8.77. The molecule has 1 aromatic rings. The molecule has 1 aromatic heterocycles. The van der Waals surface area contributed by atoms with Gasteiger partial charge in [0.2, 0.25) is 11.8 Å². The zero-order valence-electron chi connectivity index (χ0n) is 15.0. The van der Waals surface area contributed by atoms with Gasteiger partial charge in [-0.05, 0) is 20.3 Å². The van der Waals surface area contributed by atoms with Gasteiger partial charge in [0.25, 0.3) is 5.56 Å². The van der Waals surface area contributed by atoms with Crippen molar-refractivity contribution in [2.45, 2.75) is 51.2 Å². The highest BCUT2D eigenvalue weighted by Crippen LogP contribution is 2.35. The van der Waals surface area contributed by atoms with Crippen molar-refractivity contribution in [1.82, 2.24) is 9.55 Å². The Morgan fingerprint density at radius 2 is 2.07 bits per heavy atom. The second-order valence-electron chi connectivity index (χ2n) is 6.97. The number of rotatable bonds is 3. The minimum atomic E-state index is -4.57. The number of aliphatic hydroxyl groups is 1. The van der Waals surface area contributed by atoms with Crippen molar-refractivity contribution < 1.29 is 27.4 Å². The third-order valence-electron chi connectivity index (χ3n) is 4.81. The van der Waals surface area contributed by atoms with E-state index in [-0.39, 0.29) is 37.4 Å². The number of ether oxygens (including phenoxy) is 1. The van der Waals surface area contributed by atoms with Crippen molar-refractivity contribution in [1.29, 1.82) is 0 Å². The summed E-state index contributed by atoms with van der Waals surface area (Å²) in [6, 6.07) is -2.19. The normalized spacial score (nSPS) is 24.7. The van der Waals surface area contributed by atoms with Crippen LogP contribution in [0.25, 0.3) is 0 Å². The van der Waals surface area contributed by atoms with Gasteiger partial charge in [0.1, 0.15) is 6.04 Å². The highest BCUT2D eigenvalue weighted by atomic mass is 19.4. The largest absolute Gasteiger partial charge is 0.408 e. The quantitative estimate of drug-likeness (QED) is 0.776. The Morgan fingerprint density at radius 3 is 2.67 bits per heavy atom. The summed E-state index contributed by atoms with van der Waals surface area (Å²) in [5.74, 6) is -1.64. The van der Waals surface area contributed by atoms with E-state index in [0.29, 0.717) is 13.2 Å². The number of halogens is 4. The van der Waals surface area contributed by atoms with E-state index in [1.807, 2.05) is 0 Å². The van der Waals surface area contributed by atoms with Crippen LogP contribution in [-0.4, -0.2) is 65.3 Å². The highest BCUT2D eigenvalue weighted by Gasteiger charge is 2.47. The number of fused-ring (bicyclic) bond motifs is 1. The van der Waals surface area contributed by atoms with Crippen molar-refractivity contribution in [2.75, 3.05) is 36.1 Å². The molecule has 2 aliphatic rings. The molecule has 7 nitrogen and oxygen atoms in total. The molecular formula is C16H22F4N4O3. The molecule has 2 aliphatic heterocycles. The number of aromatic nitrogens is 2. The van der Waals surface area contributed by atoms with Gasteiger partial charge in [-0.15, -0.1) is 0 Å². The van der Waals surface area contributed by atoms with Crippen LogP contribution in [-0.2, 0) is 11.3 Å². The van der Waals surface area contributed by atoms with Crippen LogP contribution in [0.15, 0.2) is 4.79 Å². The van der Waals surface area contributed by atoms with E-state index in [2.05, 4.69) is 4.98 Å². The van der Waals surface area contributed by atoms with Gasteiger partial charge in [0.15, 0.2) is 5.82 Å². The first-order valence-electron chi connectivity index (χ1n) is 8.77. The number of β-amino-alcohol motifs (C(OH)–C–C–N with tert-alkyl or cyclic N) is 1. The summed E-state index contributed by atoms with van der Waals surface area (Å²) in [5, 5.41) is 9.67. The Balaban J connectivity index is 2.12. The SMILES string of the molecule is CC(O)CN1c2nc(N3CCOCC3C)c(F)c(=O)n2CCC1C(F)(F)F. The van der Waals surface area contributed by atoms with Gasteiger partial charge >= 0.3 is 6.18 Å². The Hall–Kier alpha value is -1.88. The summed E-state index contributed by atoms with van der Waals surface area (Å²) in [6.07, 6.45) is -6.08. The number of hydrogen-bond acceptors (Lipinski definition) is 6. The van der Waals surface area contributed by atoms with Gasteiger partial charge in [-0.25, -0.2) is 0 Å². The van der Waals surface area contributed by atoms with E-state index < -0.39 is 36.1 Å². The number of anilines is 2. The molecule has 11 heteroatoms. The number of nitrogens with zero attached hydrogens (tertiary/aromatic N) is 4. The maximum absolute atomic E-state index is 14.7. The summed E-state index contributed by atoms with van der Waals surface area (Å²) in [7, 11) is 0. The highest BCUT2D eigenvalue weighted by molar-refractivity contribution is 5.48. The zero-order valence-corrected chi connectivity index (χ0v) is 15.0. The van der Waals surface area contributed by atoms with Crippen molar-refractivity contribution in [3.8, 4) is 0 Å². The van der Waals surface area contributed by atoms with Crippen LogP contribution in [0.2, 0.25) is 0 Å². The lowest BCUT2D eigenvalue weighted by Crippen LogP contribution is -2.55. The first-order chi connectivity index (χ1) is 12.6. The molecule has 27 heavy (non-hydrogen) atoms. The molecule has 1 fully saturated rings. The Bertz CT molecular complexity index is 752. The summed E-state index contributed by atoms with van der Waals surface area (Å²) in [6.45, 7) is 3.29. The Labute approximate surface area is 153 Å². The molecule has 152 valence electrons. The number of morpholine rings is 1. The van der Waals surface area contributed by atoms with Crippen LogP contribution in [0.5, 0.6) is 0 Å². The van der Waals surface area contributed by atoms with Gasteiger partial charge in [0, 0.05) is 19.6 Å². The fourth-order valence-corrected chi connectivity index (χ4v) is 3.54. The minimum Gasteiger partial charge on any atom is -0.392 e. The van der Waals surface area contributed by atoms with Gasteiger partial charge in [-0.1, -0.05) is 0 Å². The van der Waals surface area contributed by atoms with E-state index in [0.717, 1.165) is 9.47 Å². The van der Waals surface area contributed by atoms with Crippen LogP contribution in [0.4, 0.5) is 29.3 Å². The van der Waals surface area contributed by atoms with E-state index >= 15 is 0 Å². The van der Waals surface area contributed by atoms with Crippen LogP contribution >= 0.6 is 0 Å². The molecule has 3 unspecified atom stereocenters. The van der Waals surface area contributed by atoms with E-state index in [4.69, 9.17) is 4.74 Å². The molecule has 0 saturated carbocycles. The van der Waals surface area contributed by atoms with E-state index in [9.17, 15) is 27.5 Å². The number of alkyl halides is 3. The van der Waals surface area contributed by atoms with Gasteiger partial charge < -0.3 is 19.6 Å². The third-order valence-corrected chi connectivity index (χ3v) is 4.81. The molecule has 0 bridgehead atoms. The van der Waals surface area contributed by atoms with Crippen molar-refractivity contribution in [2.24, 2.45) is 0 Å². The molecule has 1 saturated heterocycles. The predicted molar refractivity (Wildman–Crippen MR) is 89.6 cm³/mol. The smallest absolute Gasteiger partial charge is 0.392 e. The van der Waals surface area contributed by atoms with Crippen molar-refractivity contribution in [3.05, 3.63) is 16.2 Å². The lowest BCUT2D eigenvalue weighted by Gasteiger charge is -2.41.